The number of carbonyl (C=O) groups excluding carboxylic acids is 2. The van der Waals surface area contributed by atoms with Gasteiger partial charge in [-0.3, -0.25) is 9.59 Å². The summed E-state index contributed by atoms with van der Waals surface area (Å²) in [5.41, 5.74) is 0.457. The van der Waals surface area contributed by atoms with Crippen molar-refractivity contribution in [1.29, 1.82) is 0 Å². The highest BCUT2D eigenvalue weighted by atomic mass is 19.1. The van der Waals surface area contributed by atoms with Crippen LogP contribution in [0.25, 0.3) is 0 Å². The zero-order chi connectivity index (χ0) is 20.9. The Labute approximate surface area is 173 Å². The van der Waals surface area contributed by atoms with Crippen molar-refractivity contribution in [3.8, 4) is 0 Å². The van der Waals surface area contributed by atoms with Crippen molar-refractivity contribution in [2.75, 3.05) is 13.1 Å². The van der Waals surface area contributed by atoms with Crippen LogP contribution >= 0.6 is 0 Å². The second-order valence-electron chi connectivity index (χ2n) is 7.43. The summed E-state index contributed by atoms with van der Waals surface area (Å²) in [4.78, 5) is 29.3. The molecule has 2 amide bonds. The summed E-state index contributed by atoms with van der Waals surface area (Å²) in [5.74, 6) is 0.759. The third kappa shape index (κ3) is 4.62. The molecule has 2 aromatic heterocycles. The Kier molecular flexibility index (Phi) is 5.97. The Morgan fingerprint density at radius 1 is 0.933 bits per heavy atom. The van der Waals surface area contributed by atoms with Gasteiger partial charge in [-0.2, -0.15) is 0 Å². The normalized spacial score (nSPS) is 14.6. The number of hydrogen-bond acceptors (Lipinski definition) is 4. The number of benzene rings is 1. The maximum Gasteiger partial charge on any atom is 0.253 e. The molecule has 0 atom stereocenters. The van der Waals surface area contributed by atoms with E-state index in [0.717, 1.165) is 0 Å². The molecule has 0 radical (unpaired) electrons. The van der Waals surface area contributed by atoms with Crippen LogP contribution in [0.1, 0.15) is 34.7 Å². The summed E-state index contributed by atoms with van der Waals surface area (Å²) < 4.78 is 23.9. The predicted molar refractivity (Wildman–Crippen MR) is 107 cm³/mol. The first-order valence-corrected chi connectivity index (χ1v) is 9.98. The van der Waals surface area contributed by atoms with Crippen LogP contribution in [0.5, 0.6) is 0 Å². The van der Waals surface area contributed by atoms with Crippen LogP contribution in [-0.2, 0) is 17.9 Å². The van der Waals surface area contributed by atoms with E-state index in [1.165, 1.54) is 24.3 Å². The van der Waals surface area contributed by atoms with Gasteiger partial charge in [-0.25, -0.2) is 4.39 Å². The van der Waals surface area contributed by atoms with Crippen molar-refractivity contribution in [3.63, 3.8) is 0 Å². The highest BCUT2D eigenvalue weighted by Gasteiger charge is 2.31. The molecule has 0 unspecified atom stereocenters. The Bertz CT molecular complexity index is 923. The summed E-state index contributed by atoms with van der Waals surface area (Å²) in [7, 11) is 0. The van der Waals surface area contributed by atoms with Gasteiger partial charge in [0.2, 0.25) is 5.91 Å². The van der Waals surface area contributed by atoms with E-state index in [0.29, 0.717) is 56.1 Å². The fourth-order valence-electron chi connectivity index (χ4n) is 3.76. The molecule has 0 saturated carbocycles. The topological polar surface area (TPSA) is 66.9 Å². The molecule has 30 heavy (non-hydrogen) atoms. The number of piperidine rings is 1. The zero-order valence-electron chi connectivity index (χ0n) is 16.5. The molecular formula is C23H23FN2O4. The van der Waals surface area contributed by atoms with Crippen LogP contribution in [0.3, 0.4) is 0 Å². The van der Waals surface area contributed by atoms with E-state index in [1.807, 2.05) is 12.1 Å². The van der Waals surface area contributed by atoms with Crippen molar-refractivity contribution < 1.29 is 22.8 Å². The summed E-state index contributed by atoms with van der Waals surface area (Å²) >= 11 is 0. The lowest BCUT2D eigenvalue weighted by atomic mass is 9.94. The first-order chi connectivity index (χ1) is 14.6. The van der Waals surface area contributed by atoms with Gasteiger partial charge in [-0.1, -0.05) is 0 Å². The van der Waals surface area contributed by atoms with Gasteiger partial charge >= 0.3 is 0 Å². The van der Waals surface area contributed by atoms with E-state index in [4.69, 9.17) is 8.83 Å². The highest BCUT2D eigenvalue weighted by Crippen LogP contribution is 2.24. The molecule has 0 aliphatic carbocycles. The molecule has 0 N–H and O–H groups in total. The van der Waals surface area contributed by atoms with Crippen LogP contribution in [-0.4, -0.2) is 34.7 Å². The van der Waals surface area contributed by atoms with E-state index in [2.05, 4.69) is 0 Å². The van der Waals surface area contributed by atoms with Gasteiger partial charge in [0.1, 0.15) is 17.3 Å². The molecule has 3 heterocycles. The lowest BCUT2D eigenvalue weighted by Gasteiger charge is -2.34. The quantitative estimate of drug-likeness (QED) is 0.614. The van der Waals surface area contributed by atoms with Crippen LogP contribution in [0.2, 0.25) is 0 Å². The largest absolute Gasteiger partial charge is 0.467 e. The second-order valence-corrected chi connectivity index (χ2v) is 7.43. The van der Waals surface area contributed by atoms with Gasteiger partial charge in [-0.05, 0) is 61.4 Å². The Balaban J connectivity index is 1.39. The maximum absolute atomic E-state index is 13.2. The molecule has 7 heteroatoms. The average Bonchev–Trinajstić information content (AvgIpc) is 3.47. The van der Waals surface area contributed by atoms with Crippen molar-refractivity contribution in [2.24, 2.45) is 5.92 Å². The number of halogens is 1. The highest BCUT2D eigenvalue weighted by molar-refractivity contribution is 5.94. The standard InChI is InChI=1S/C23H23FN2O4/c24-19-7-5-17(6-8-19)22(27)25-11-9-18(10-12-25)23(28)26(15-20-3-1-13-29-20)16-21-4-2-14-30-21/h1-8,13-14,18H,9-12,15-16H2. The fraction of sp³-hybridized carbons (Fsp3) is 0.304. The number of carbonyl (C=O) groups is 2. The Morgan fingerprint density at radius 3 is 2.00 bits per heavy atom. The molecule has 6 nitrogen and oxygen atoms in total. The van der Waals surface area contributed by atoms with Gasteiger partial charge < -0.3 is 18.6 Å². The zero-order valence-corrected chi connectivity index (χ0v) is 16.5. The molecule has 156 valence electrons. The smallest absolute Gasteiger partial charge is 0.253 e. The van der Waals surface area contributed by atoms with Crippen LogP contribution in [0, 0.1) is 11.7 Å². The number of furan rings is 2. The van der Waals surface area contributed by atoms with Crippen molar-refractivity contribution in [1.82, 2.24) is 9.80 Å². The molecule has 1 aliphatic heterocycles. The Hall–Kier alpha value is -3.35. The minimum atomic E-state index is -0.371. The van der Waals surface area contributed by atoms with E-state index in [9.17, 15) is 14.0 Å². The first kappa shape index (κ1) is 19.9. The van der Waals surface area contributed by atoms with Crippen LogP contribution in [0.15, 0.2) is 69.9 Å². The van der Waals surface area contributed by atoms with Crippen LogP contribution in [0.4, 0.5) is 4.39 Å². The third-order valence-electron chi connectivity index (χ3n) is 5.39. The summed E-state index contributed by atoms with van der Waals surface area (Å²) in [6.45, 7) is 1.70. The number of likely N-dealkylation sites (tertiary alicyclic amines) is 1. The molecule has 3 aromatic rings. The number of nitrogens with zero attached hydrogens (tertiary/aromatic N) is 2. The van der Waals surface area contributed by atoms with Crippen LogP contribution < -0.4 is 0 Å². The Morgan fingerprint density at radius 2 is 1.50 bits per heavy atom. The van der Waals surface area contributed by atoms with Crippen molar-refractivity contribution >= 4 is 11.8 Å². The van der Waals surface area contributed by atoms with Crippen molar-refractivity contribution in [3.05, 3.63) is 84.0 Å². The molecule has 1 aromatic carbocycles. The van der Waals surface area contributed by atoms with Crippen molar-refractivity contribution in [2.45, 2.75) is 25.9 Å². The van der Waals surface area contributed by atoms with E-state index < -0.39 is 0 Å². The minimum absolute atomic E-state index is 0.0247. The van der Waals surface area contributed by atoms with Gasteiger partial charge in [0.15, 0.2) is 0 Å². The molecule has 4 rings (SSSR count). The minimum Gasteiger partial charge on any atom is -0.467 e. The van der Waals surface area contributed by atoms with Gasteiger partial charge in [0.25, 0.3) is 5.91 Å². The van der Waals surface area contributed by atoms with E-state index >= 15 is 0 Å². The third-order valence-corrected chi connectivity index (χ3v) is 5.39. The molecular weight excluding hydrogens is 387 g/mol. The average molecular weight is 410 g/mol. The predicted octanol–water partition coefficient (Wildman–Crippen LogP) is 4.09. The van der Waals surface area contributed by atoms with E-state index in [1.54, 1.807) is 34.5 Å². The summed E-state index contributed by atoms with van der Waals surface area (Å²) in [6.07, 6.45) is 4.34. The first-order valence-electron chi connectivity index (χ1n) is 9.98. The maximum atomic E-state index is 13.2. The second kappa shape index (κ2) is 8.98. The summed E-state index contributed by atoms with van der Waals surface area (Å²) in [6, 6.07) is 12.8. The SMILES string of the molecule is O=C(c1ccc(F)cc1)N1CCC(C(=O)N(Cc2ccco2)Cc2ccco2)CC1. The molecule has 0 bridgehead atoms. The molecule has 0 spiro atoms. The molecule has 1 aliphatic rings. The van der Waals surface area contributed by atoms with E-state index in [-0.39, 0.29) is 23.5 Å². The monoisotopic (exact) mass is 410 g/mol. The number of amides is 2. The fourth-order valence-corrected chi connectivity index (χ4v) is 3.76. The molecule has 1 saturated heterocycles. The van der Waals surface area contributed by atoms with Gasteiger partial charge in [0, 0.05) is 24.6 Å². The lowest BCUT2D eigenvalue weighted by molar-refractivity contribution is -0.138. The lowest BCUT2D eigenvalue weighted by Crippen LogP contribution is -2.44. The number of hydrogen-bond donors (Lipinski definition) is 0. The van der Waals surface area contributed by atoms with Gasteiger partial charge in [-0.15, -0.1) is 0 Å². The summed E-state index contributed by atoms with van der Waals surface area (Å²) in [5, 5.41) is 0. The van der Waals surface area contributed by atoms with Gasteiger partial charge in [0.05, 0.1) is 25.6 Å². The number of rotatable bonds is 6. The molecule has 1 fully saturated rings.